The van der Waals surface area contributed by atoms with Crippen LogP contribution in [0.2, 0.25) is 0 Å². The van der Waals surface area contributed by atoms with Gasteiger partial charge in [-0.1, -0.05) is 91.0 Å². The van der Waals surface area contributed by atoms with Crippen molar-refractivity contribution in [1.29, 1.82) is 0 Å². The summed E-state index contributed by atoms with van der Waals surface area (Å²) in [5, 5.41) is 4.39. The molecule has 0 fully saturated rings. The number of rotatable bonds is 10. The number of amides is 1. The van der Waals surface area contributed by atoms with E-state index in [0.29, 0.717) is 5.56 Å². The molecule has 0 bridgehead atoms. The highest BCUT2D eigenvalue weighted by Crippen LogP contribution is 2.35. The molecule has 0 aliphatic carbocycles. The van der Waals surface area contributed by atoms with Gasteiger partial charge in [-0.2, -0.15) is 13.2 Å². The number of halogens is 4. The topological polar surface area (TPSA) is 62.9 Å². The first kappa shape index (κ1) is 30.8. The van der Waals surface area contributed by atoms with E-state index in [1.54, 1.807) is 30.9 Å². The molecule has 1 unspecified atom stereocenters. The minimum atomic E-state index is -4.63. The smallest absolute Gasteiger partial charge is 0.449 e. The molecule has 0 N–H and O–H groups in total. The van der Waals surface area contributed by atoms with Crippen LogP contribution in [0.3, 0.4) is 0 Å². The number of hydrogen-bond acceptors (Lipinski definition) is 4. The first-order valence-corrected chi connectivity index (χ1v) is 14.0. The van der Waals surface area contributed by atoms with Crippen molar-refractivity contribution in [3.8, 4) is 11.1 Å². The summed E-state index contributed by atoms with van der Waals surface area (Å²) in [6.07, 6.45) is -4.63. The van der Waals surface area contributed by atoms with Gasteiger partial charge in [0, 0.05) is 11.7 Å². The number of carbonyl (C=O) groups is 1. The Balaban J connectivity index is 1.47. The molecule has 0 saturated heterocycles. The van der Waals surface area contributed by atoms with E-state index in [1.165, 1.54) is 6.07 Å². The summed E-state index contributed by atoms with van der Waals surface area (Å²) in [4.78, 5) is 24.8. The lowest BCUT2D eigenvalue weighted by atomic mass is 9.82. The van der Waals surface area contributed by atoms with E-state index < -0.39 is 36.0 Å². The quantitative estimate of drug-likeness (QED) is 0.118. The predicted octanol–water partition coefficient (Wildman–Crippen LogP) is 9.40. The highest BCUT2D eigenvalue weighted by molar-refractivity contribution is 5.88. The molecular weight excluding hydrogens is 572 g/mol. The number of benzene rings is 4. The third-order valence-corrected chi connectivity index (χ3v) is 7.94. The molecule has 0 spiro atoms. The summed E-state index contributed by atoms with van der Waals surface area (Å²) in [5.41, 5.74) is 2.77. The molecule has 226 valence electrons. The van der Waals surface area contributed by atoms with E-state index in [-0.39, 0.29) is 18.8 Å². The first-order valence-electron chi connectivity index (χ1n) is 14.0. The first-order chi connectivity index (χ1) is 21.0. The summed E-state index contributed by atoms with van der Waals surface area (Å²) in [6, 6.07) is 29.4. The fourth-order valence-corrected chi connectivity index (χ4v) is 5.37. The number of alkyl halides is 4. The lowest BCUT2D eigenvalue weighted by molar-refractivity contribution is -0.153. The van der Waals surface area contributed by atoms with E-state index >= 15 is 0 Å². The normalized spacial score (nSPS) is 12.9. The highest BCUT2D eigenvalue weighted by atomic mass is 19.4. The second kappa shape index (κ2) is 12.5. The Morgan fingerprint density at radius 2 is 1.55 bits per heavy atom. The van der Waals surface area contributed by atoms with Crippen molar-refractivity contribution in [2.75, 3.05) is 6.67 Å². The highest BCUT2D eigenvalue weighted by Gasteiger charge is 2.35. The minimum absolute atomic E-state index is 0.0500. The molecule has 0 aliphatic rings. The van der Waals surface area contributed by atoms with Gasteiger partial charge in [-0.3, -0.25) is 9.69 Å². The summed E-state index contributed by atoms with van der Waals surface area (Å²) < 4.78 is 59.9. The molecule has 5 aromatic rings. The molecule has 1 atom stereocenters. The zero-order chi connectivity index (χ0) is 31.5. The largest absolute Gasteiger partial charge is 0.455 e. The number of furan rings is 1. The average Bonchev–Trinajstić information content (AvgIpc) is 3.51. The van der Waals surface area contributed by atoms with Gasteiger partial charge in [-0.25, -0.2) is 4.39 Å². The molecular formula is C35H30F4N2O3. The van der Waals surface area contributed by atoms with Gasteiger partial charge >= 0.3 is 6.18 Å². The molecule has 9 heteroatoms. The van der Waals surface area contributed by atoms with Crippen LogP contribution in [-0.2, 0) is 29.5 Å². The lowest BCUT2D eigenvalue weighted by Crippen LogP contribution is -2.29. The number of nitrogens with zero attached hydrogens (tertiary/aromatic N) is 2. The minimum Gasteiger partial charge on any atom is -0.455 e. The Morgan fingerprint density at radius 1 is 0.841 bits per heavy atom. The van der Waals surface area contributed by atoms with E-state index in [2.05, 4.69) is 5.18 Å². The van der Waals surface area contributed by atoms with Crippen LogP contribution in [-0.4, -0.2) is 17.5 Å². The molecule has 5 rings (SSSR count). The van der Waals surface area contributed by atoms with Gasteiger partial charge in [0.05, 0.1) is 18.0 Å². The van der Waals surface area contributed by atoms with Gasteiger partial charge in [-0.15, -0.1) is 4.91 Å². The molecule has 1 amide bonds. The van der Waals surface area contributed by atoms with Crippen molar-refractivity contribution in [2.45, 2.75) is 44.6 Å². The van der Waals surface area contributed by atoms with Crippen molar-refractivity contribution in [1.82, 2.24) is 4.90 Å². The van der Waals surface area contributed by atoms with Gasteiger partial charge in [0.1, 0.15) is 12.4 Å². The molecule has 1 aromatic heterocycles. The second-order valence-corrected chi connectivity index (χ2v) is 11.2. The monoisotopic (exact) mass is 602 g/mol. The summed E-state index contributed by atoms with van der Waals surface area (Å²) >= 11 is 0. The molecule has 1 heterocycles. The van der Waals surface area contributed by atoms with Crippen molar-refractivity contribution in [3.05, 3.63) is 136 Å². The van der Waals surface area contributed by atoms with E-state index in [9.17, 15) is 27.3 Å². The number of hydrogen-bond donors (Lipinski definition) is 0. The van der Waals surface area contributed by atoms with Gasteiger partial charge in [0.2, 0.25) is 5.76 Å². The van der Waals surface area contributed by atoms with Crippen LogP contribution in [0.4, 0.5) is 17.6 Å². The Hall–Kier alpha value is -4.63. The molecule has 0 radical (unpaired) electrons. The number of nitroso groups, excluding NO2 is 1. The van der Waals surface area contributed by atoms with Gasteiger partial charge in [0.25, 0.3) is 5.91 Å². The van der Waals surface area contributed by atoms with E-state index in [1.807, 2.05) is 78.9 Å². The van der Waals surface area contributed by atoms with Crippen molar-refractivity contribution in [2.24, 2.45) is 5.18 Å². The Labute approximate surface area is 252 Å². The average molecular weight is 603 g/mol. The maximum atomic E-state index is 14.9. The molecule has 5 nitrogen and oxygen atoms in total. The van der Waals surface area contributed by atoms with E-state index in [0.717, 1.165) is 39.1 Å². The Kier molecular flexibility index (Phi) is 8.78. The third-order valence-electron chi connectivity index (χ3n) is 7.94. The zero-order valence-corrected chi connectivity index (χ0v) is 24.1. The van der Waals surface area contributed by atoms with E-state index in [4.69, 9.17) is 4.42 Å². The van der Waals surface area contributed by atoms with Crippen LogP contribution < -0.4 is 0 Å². The molecule has 4 aromatic carbocycles. The molecule has 0 saturated carbocycles. The van der Waals surface area contributed by atoms with Crippen LogP contribution in [0.25, 0.3) is 21.9 Å². The van der Waals surface area contributed by atoms with Crippen molar-refractivity contribution < 1.29 is 26.8 Å². The summed E-state index contributed by atoms with van der Waals surface area (Å²) in [7, 11) is 0. The van der Waals surface area contributed by atoms with Crippen LogP contribution >= 0.6 is 0 Å². The standard InChI is InChI=1S/C35H30F4N2O3/c1-34(2,33(42)40-43)27-10-5-9-26(19-27)24-15-13-23(14-16-24)21-41(22-28-17-18-32(44-28)35(37,38)39)31(20-36)30-12-6-8-25-7-3-4-11-29(25)30/h3-19,31H,20-22H2,1-2H3. The van der Waals surface area contributed by atoms with Gasteiger partial charge in [0.15, 0.2) is 0 Å². The Morgan fingerprint density at radius 3 is 2.23 bits per heavy atom. The Bertz CT molecular complexity index is 1770. The summed E-state index contributed by atoms with van der Waals surface area (Å²) in [6.45, 7) is 2.69. The molecule has 44 heavy (non-hydrogen) atoms. The fourth-order valence-electron chi connectivity index (χ4n) is 5.37. The third kappa shape index (κ3) is 6.48. The van der Waals surface area contributed by atoms with Crippen LogP contribution in [0.5, 0.6) is 0 Å². The predicted molar refractivity (Wildman–Crippen MR) is 161 cm³/mol. The number of fused-ring (bicyclic) bond motifs is 1. The maximum absolute atomic E-state index is 14.9. The van der Waals surface area contributed by atoms with Crippen LogP contribution in [0.15, 0.2) is 113 Å². The van der Waals surface area contributed by atoms with Crippen molar-refractivity contribution >= 4 is 16.7 Å². The van der Waals surface area contributed by atoms with Crippen LogP contribution in [0.1, 0.15) is 48.1 Å². The fraction of sp³-hybridized carbons (Fsp3) is 0.229. The van der Waals surface area contributed by atoms with Gasteiger partial charge < -0.3 is 4.42 Å². The maximum Gasteiger partial charge on any atom is 0.449 e. The zero-order valence-electron chi connectivity index (χ0n) is 24.1. The SMILES string of the molecule is CC(C)(C(=O)N=O)c1cccc(-c2ccc(CN(Cc3ccc(C(F)(F)F)o3)C(CF)c3cccc4ccccc34)cc2)c1. The van der Waals surface area contributed by atoms with Crippen LogP contribution in [0, 0.1) is 4.91 Å². The second-order valence-electron chi connectivity index (χ2n) is 11.2. The molecule has 0 aliphatic heterocycles. The van der Waals surface area contributed by atoms with Crippen molar-refractivity contribution in [3.63, 3.8) is 0 Å². The lowest BCUT2D eigenvalue weighted by Gasteiger charge is -2.30. The summed E-state index contributed by atoms with van der Waals surface area (Å²) in [5.74, 6) is -1.79. The van der Waals surface area contributed by atoms with Gasteiger partial charge in [-0.05, 0) is 64.6 Å². The number of carbonyl (C=O) groups excluding carboxylic acids is 1.